The molecule has 0 saturated carbocycles. The quantitative estimate of drug-likeness (QED) is 0.440. The smallest absolute Gasteiger partial charge is 0.184 e. The van der Waals surface area contributed by atoms with Gasteiger partial charge < -0.3 is 24.8 Å². The zero-order valence-corrected chi connectivity index (χ0v) is 6.67. The SMILES string of the molecule is C[C@@H]1O[C@H]2C(O)[C@@]1(CO)O[C@H]2O. The van der Waals surface area contributed by atoms with Crippen LogP contribution < -0.4 is 0 Å². The van der Waals surface area contributed by atoms with Crippen molar-refractivity contribution in [2.45, 2.75) is 37.1 Å². The van der Waals surface area contributed by atoms with E-state index in [1.54, 1.807) is 6.92 Å². The van der Waals surface area contributed by atoms with E-state index in [0.717, 1.165) is 0 Å². The Morgan fingerprint density at radius 1 is 1.42 bits per heavy atom. The lowest BCUT2D eigenvalue weighted by atomic mass is 9.95. The van der Waals surface area contributed by atoms with Crippen LogP contribution in [0.5, 0.6) is 0 Å². The average molecular weight is 176 g/mol. The molecule has 70 valence electrons. The zero-order valence-electron chi connectivity index (χ0n) is 6.67. The van der Waals surface area contributed by atoms with Gasteiger partial charge in [0, 0.05) is 0 Å². The minimum Gasteiger partial charge on any atom is -0.393 e. The highest BCUT2D eigenvalue weighted by Gasteiger charge is 2.64. The minimum atomic E-state index is -1.12. The topological polar surface area (TPSA) is 79.2 Å². The molecule has 12 heavy (non-hydrogen) atoms. The summed E-state index contributed by atoms with van der Waals surface area (Å²) in [7, 11) is 0. The molecule has 0 aromatic rings. The molecule has 5 heteroatoms. The molecule has 0 radical (unpaired) electrons. The molecule has 1 unspecified atom stereocenters. The summed E-state index contributed by atoms with van der Waals surface area (Å²) in [4.78, 5) is 0. The largest absolute Gasteiger partial charge is 0.393 e. The zero-order chi connectivity index (χ0) is 8.93. The Hall–Kier alpha value is -0.200. The Bertz CT molecular complexity index is 196. The normalized spacial score (nSPS) is 58.0. The molecule has 0 aromatic carbocycles. The highest BCUT2D eigenvalue weighted by molar-refractivity contribution is 5.09. The third-order valence-electron chi connectivity index (χ3n) is 2.73. The van der Waals surface area contributed by atoms with E-state index in [1.165, 1.54) is 0 Å². The van der Waals surface area contributed by atoms with Gasteiger partial charge in [-0.3, -0.25) is 0 Å². The highest BCUT2D eigenvalue weighted by atomic mass is 16.7. The first-order valence-electron chi connectivity index (χ1n) is 3.92. The summed E-state index contributed by atoms with van der Waals surface area (Å²) in [5.41, 5.74) is -1.12. The predicted molar refractivity (Wildman–Crippen MR) is 37.3 cm³/mol. The Kier molecular flexibility index (Phi) is 1.68. The number of hydrogen-bond acceptors (Lipinski definition) is 5. The Balaban J connectivity index is 2.30. The van der Waals surface area contributed by atoms with E-state index in [-0.39, 0.29) is 12.7 Å². The van der Waals surface area contributed by atoms with Gasteiger partial charge in [0.15, 0.2) is 6.29 Å². The monoisotopic (exact) mass is 176 g/mol. The highest BCUT2D eigenvalue weighted by Crippen LogP contribution is 2.42. The lowest BCUT2D eigenvalue weighted by molar-refractivity contribution is -0.256. The maximum Gasteiger partial charge on any atom is 0.184 e. The van der Waals surface area contributed by atoms with Gasteiger partial charge in [0.1, 0.15) is 17.8 Å². The molecule has 0 spiro atoms. The number of aliphatic hydroxyl groups excluding tert-OH is 3. The third-order valence-corrected chi connectivity index (χ3v) is 2.73. The van der Waals surface area contributed by atoms with Crippen LogP contribution in [0.1, 0.15) is 6.92 Å². The molecular weight excluding hydrogens is 164 g/mol. The van der Waals surface area contributed by atoms with E-state index >= 15 is 0 Å². The van der Waals surface area contributed by atoms with E-state index in [4.69, 9.17) is 14.6 Å². The maximum atomic E-state index is 9.55. The second-order valence-corrected chi connectivity index (χ2v) is 3.31. The van der Waals surface area contributed by atoms with Crippen LogP contribution in [0.3, 0.4) is 0 Å². The van der Waals surface area contributed by atoms with Gasteiger partial charge in [0.25, 0.3) is 0 Å². The lowest BCUT2D eigenvalue weighted by Crippen LogP contribution is -2.49. The summed E-state index contributed by atoms with van der Waals surface area (Å²) >= 11 is 0. The number of ether oxygens (including phenoxy) is 2. The fourth-order valence-electron chi connectivity index (χ4n) is 1.88. The maximum absolute atomic E-state index is 9.55. The summed E-state index contributed by atoms with van der Waals surface area (Å²) < 4.78 is 10.2. The number of fused-ring (bicyclic) bond motifs is 2. The van der Waals surface area contributed by atoms with Gasteiger partial charge in [-0.25, -0.2) is 0 Å². The van der Waals surface area contributed by atoms with Crippen LogP contribution in [-0.4, -0.2) is 52.1 Å². The van der Waals surface area contributed by atoms with Crippen molar-refractivity contribution >= 4 is 0 Å². The molecule has 5 atom stereocenters. The van der Waals surface area contributed by atoms with Crippen LogP contribution in [0.2, 0.25) is 0 Å². The van der Waals surface area contributed by atoms with Gasteiger partial charge in [-0.1, -0.05) is 0 Å². The Morgan fingerprint density at radius 2 is 2.08 bits per heavy atom. The molecule has 0 amide bonds. The molecule has 0 aromatic heterocycles. The van der Waals surface area contributed by atoms with Crippen LogP contribution in [0.4, 0.5) is 0 Å². The van der Waals surface area contributed by atoms with Gasteiger partial charge in [0.2, 0.25) is 0 Å². The molecule has 2 aliphatic rings. The summed E-state index contributed by atoms with van der Waals surface area (Å²) in [5.74, 6) is 0. The predicted octanol–water partition coefficient (Wildman–Crippen LogP) is -1.79. The molecular formula is C7H12O5. The molecule has 2 aliphatic heterocycles. The average Bonchev–Trinajstić information content (AvgIpc) is 2.41. The molecule has 0 aliphatic carbocycles. The first-order valence-corrected chi connectivity index (χ1v) is 3.92. The van der Waals surface area contributed by atoms with Crippen molar-refractivity contribution in [2.75, 3.05) is 6.61 Å². The molecule has 2 rings (SSSR count). The first-order chi connectivity index (χ1) is 5.62. The Morgan fingerprint density at radius 3 is 2.42 bits per heavy atom. The Labute approximate surface area is 69.5 Å². The van der Waals surface area contributed by atoms with Gasteiger partial charge in [-0.2, -0.15) is 0 Å². The van der Waals surface area contributed by atoms with Gasteiger partial charge >= 0.3 is 0 Å². The number of rotatable bonds is 1. The van der Waals surface area contributed by atoms with Crippen LogP contribution in [0.15, 0.2) is 0 Å². The summed E-state index contributed by atoms with van der Waals surface area (Å²) in [6.45, 7) is 1.36. The number of aliphatic hydroxyl groups is 3. The van der Waals surface area contributed by atoms with E-state index in [2.05, 4.69) is 0 Å². The van der Waals surface area contributed by atoms with E-state index < -0.39 is 24.1 Å². The van der Waals surface area contributed by atoms with Crippen LogP contribution in [0.25, 0.3) is 0 Å². The molecule has 2 fully saturated rings. The van der Waals surface area contributed by atoms with Gasteiger partial charge in [-0.05, 0) is 6.92 Å². The van der Waals surface area contributed by atoms with Crippen molar-refractivity contribution < 1.29 is 24.8 Å². The van der Waals surface area contributed by atoms with E-state index in [0.29, 0.717) is 0 Å². The lowest BCUT2D eigenvalue weighted by Gasteiger charge is -2.32. The van der Waals surface area contributed by atoms with Crippen LogP contribution in [0, 0.1) is 0 Å². The minimum absolute atomic E-state index is 0.344. The van der Waals surface area contributed by atoms with Crippen molar-refractivity contribution in [3.8, 4) is 0 Å². The summed E-state index contributed by atoms with van der Waals surface area (Å²) in [5, 5.41) is 27.8. The number of hydrogen-bond donors (Lipinski definition) is 3. The fourth-order valence-corrected chi connectivity index (χ4v) is 1.88. The molecule has 3 N–H and O–H groups in total. The van der Waals surface area contributed by atoms with Gasteiger partial charge in [0.05, 0.1) is 12.7 Å². The fraction of sp³-hybridized carbons (Fsp3) is 1.00. The van der Waals surface area contributed by atoms with Crippen molar-refractivity contribution in [3.05, 3.63) is 0 Å². The van der Waals surface area contributed by atoms with E-state index in [9.17, 15) is 10.2 Å². The summed E-state index contributed by atoms with van der Waals surface area (Å²) in [6.07, 6.45) is -3.16. The molecule has 5 nitrogen and oxygen atoms in total. The van der Waals surface area contributed by atoms with Crippen LogP contribution in [-0.2, 0) is 9.47 Å². The standard InChI is InChI=1S/C7H12O5/c1-3-7(2-8)5(9)4(11-3)6(10)12-7/h3-6,8-10H,2H2,1H3/t3-,4-,5?,6+,7-/m0/s1. The van der Waals surface area contributed by atoms with E-state index in [1.807, 2.05) is 0 Å². The van der Waals surface area contributed by atoms with Crippen molar-refractivity contribution in [1.29, 1.82) is 0 Å². The third kappa shape index (κ3) is 0.750. The second kappa shape index (κ2) is 2.40. The van der Waals surface area contributed by atoms with Gasteiger partial charge in [-0.15, -0.1) is 0 Å². The summed E-state index contributed by atoms with van der Waals surface area (Å²) in [6, 6.07) is 0. The van der Waals surface area contributed by atoms with Crippen molar-refractivity contribution in [3.63, 3.8) is 0 Å². The van der Waals surface area contributed by atoms with Crippen molar-refractivity contribution in [1.82, 2.24) is 0 Å². The molecule has 2 heterocycles. The van der Waals surface area contributed by atoms with Crippen LogP contribution >= 0.6 is 0 Å². The molecule has 2 bridgehead atoms. The molecule has 2 saturated heterocycles. The first kappa shape index (κ1) is 8.40. The second-order valence-electron chi connectivity index (χ2n) is 3.31. The van der Waals surface area contributed by atoms with Crippen molar-refractivity contribution in [2.24, 2.45) is 0 Å².